The van der Waals surface area contributed by atoms with Crippen molar-refractivity contribution in [3.8, 4) is 22.4 Å². The second-order valence-electron chi connectivity index (χ2n) is 6.93. The average Bonchev–Trinajstić information content (AvgIpc) is 2.78. The maximum absolute atomic E-state index is 14.0. The number of carbonyl (C=O) groups is 1. The molecule has 3 aromatic heterocycles. The lowest BCUT2D eigenvalue weighted by Gasteiger charge is -2.12. The minimum atomic E-state index is -4.82. The molecule has 0 unspecified atom stereocenters. The van der Waals surface area contributed by atoms with Gasteiger partial charge in [0.05, 0.1) is 17.6 Å². The number of benzene rings is 1. The standard InChI is InChI=1S/C22H13F5N6O/c23-12-2-3-13(15(24)7-12)11-1-4-16(30-9-11)20(34)31-18-10-29-6-5-14(18)17-8-19(28)33-21(32-17)22(25,26)27/h1-10H,(H,31,34)(H2,28,32,33). The Labute approximate surface area is 188 Å². The van der Waals surface area contributed by atoms with Crippen LogP contribution in [0.15, 0.2) is 61.1 Å². The van der Waals surface area contributed by atoms with Gasteiger partial charge in [0, 0.05) is 41.2 Å². The van der Waals surface area contributed by atoms with Crippen molar-refractivity contribution in [3.63, 3.8) is 0 Å². The van der Waals surface area contributed by atoms with E-state index < -0.39 is 35.4 Å². The number of amides is 1. The van der Waals surface area contributed by atoms with Crippen LogP contribution in [0.4, 0.5) is 33.5 Å². The van der Waals surface area contributed by atoms with Crippen molar-refractivity contribution in [1.82, 2.24) is 19.9 Å². The van der Waals surface area contributed by atoms with Crippen molar-refractivity contribution in [1.29, 1.82) is 0 Å². The topological polar surface area (TPSA) is 107 Å². The number of pyridine rings is 2. The van der Waals surface area contributed by atoms with Gasteiger partial charge in [-0.2, -0.15) is 13.2 Å². The van der Waals surface area contributed by atoms with Crippen LogP contribution in [0.25, 0.3) is 22.4 Å². The van der Waals surface area contributed by atoms with Crippen LogP contribution in [0.1, 0.15) is 16.3 Å². The van der Waals surface area contributed by atoms with Gasteiger partial charge < -0.3 is 11.1 Å². The van der Waals surface area contributed by atoms with Crippen LogP contribution in [-0.4, -0.2) is 25.8 Å². The van der Waals surface area contributed by atoms with Crippen molar-refractivity contribution < 1.29 is 26.7 Å². The number of hydrogen-bond donors (Lipinski definition) is 2. The van der Waals surface area contributed by atoms with E-state index in [4.69, 9.17) is 5.73 Å². The maximum Gasteiger partial charge on any atom is 0.451 e. The zero-order chi connectivity index (χ0) is 24.5. The third-order valence-electron chi connectivity index (χ3n) is 4.58. The number of anilines is 2. The summed E-state index contributed by atoms with van der Waals surface area (Å²) in [5.41, 5.74) is 5.84. The maximum atomic E-state index is 14.0. The van der Waals surface area contributed by atoms with E-state index in [0.717, 1.165) is 18.2 Å². The summed E-state index contributed by atoms with van der Waals surface area (Å²) in [6.07, 6.45) is -1.06. The molecule has 0 aliphatic carbocycles. The van der Waals surface area contributed by atoms with Crippen LogP contribution in [0.2, 0.25) is 0 Å². The third-order valence-corrected chi connectivity index (χ3v) is 4.58. The van der Waals surface area contributed by atoms with E-state index in [9.17, 15) is 26.7 Å². The Morgan fingerprint density at radius 3 is 2.41 bits per heavy atom. The highest BCUT2D eigenvalue weighted by Gasteiger charge is 2.35. The molecule has 12 heteroatoms. The Balaban J connectivity index is 1.61. The fourth-order valence-electron chi connectivity index (χ4n) is 3.05. The number of nitrogens with one attached hydrogen (secondary N) is 1. The molecule has 0 aliphatic heterocycles. The molecule has 0 saturated carbocycles. The lowest BCUT2D eigenvalue weighted by molar-refractivity contribution is -0.144. The number of carbonyl (C=O) groups excluding carboxylic acids is 1. The molecule has 0 aliphatic rings. The van der Waals surface area contributed by atoms with Crippen molar-refractivity contribution in [2.75, 3.05) is 11.1 Å². The van der Waals surface area contributed by atoms with Gasteiger partial charge >= 0.3 is 6.18 Å². The van der Waals surface area contributed by atoms with Crippen LogP contribution >= 0.6 is 0 Å². The highest BCUT2D eigenvalue weighted by Crippen LogP contribution is 2.32. The molecule has 0 radical (unpaired) electrons. The summed E-state index contributed by atoms with van der Waals surface area (Å²) in [5, 5.41) is 2.51. The first-order chi connectivity index (χ1) is 16.1. The molecule has 4 rings (SSSR count). The summed E-state index contributed by atoms with van der Waals surface area (Å²) in [6, 6.07) is 8.27. The van der Waals surface area contributed by atoms with Gasteiger partial charge in [0.2, 0.25) is 5.82 Å². The van der Waals surface area contributed by atoms with Gasteiger partial charge in [-0.05, 0) is 24.3 Å². The predicted molar refractivity (Wildman–Crippen MR) is 112 cm³/mol. The van der Waals surface area contributed by atoms with Gasteiger partial charge in [-0.15, -0.1) is 0 Å². The molecule has 7 nitrogen and oxygen atoms in total. The summed E-state index contributed by atoms with van der Waals surface area (Å²) in [4.78, 5) is 27.3. The smallest absolute Gasteiger partial charge is 0.384 e. The second kappa shape index (κ2) is 8.81. The predicted octanol–water partition coefficient (Wildman–Crippen LogP) is 4.73. The molecular formula is C22H13F5N6O. The molecule has 0 fully saturated rings. The number of alkyl halides is 3. The molecule has 172 valence electrons. The molecule has 3 heterocycles. The van der Waals surface area contributed by atoms with E-state index >= 15 is 0 Å². The average molecular weight is 472 g/mol. The SMILES string of the molecule is Nc1cc(-c2ccncc2NC(=O)c2ccc(-c3ccc(F)cc3F)cn2)nc(C(F)(F)F)n1. The monoisotopic (exact) mass is 472 g/mol. The van der Waals surface area contributed by atoms with Crippen LogP contribution in [0.5, 0.6) is 0 Å². The minimum Gasteiger partial charge on any atom is -0.384 e. The van der Waals surface area contributed by atoms with E-state index in [2.05, 4.69) is 25.3 Å². The Bertz CT molecular complexity index is 1380. The van der Waals surface area contributed by atoms with Crippen molar-refractivity contribution in [3.05, 3.63) is 84.2 Å². The molecule has 0 spiro atoms. The van der Waals surface area contributed by atoms with E-state index in [-0.39, 0.29) is 28.2 Å². The Morgan fingerprint density at radius 1 is 0.941 bits per heavy atom. The van der Waals surface area contributed by atoms with Crippen LogP contribution < -0.4 is 11.1 Å². The normalized spacial score (nSPS) is 11.3. The largest absolute Gasteiger partial charge is 0.451 e. The van der Waals surface area contributed by atoms with Gasteiger partial charge in [0.25, 0.3) is 5.91 Å². The van der Waals surface area contributed by atoms with Crippen molar-refractivity contribution >= 4 is 17.4 Å². The summed E-state index contributed by atoms with van der Waals surface area (Å²) in [6.45, 7) is 0. The molecule has 1 amide bonds. The lowest BCUT2D eigenvalue weighted by atomic mass is 10.1. The van der Waals surface area contributed by atoms with Gasteiger partial charge in [0.15, 0.2) is 0 Å². The van der Waals surface area contributed by atoms with Crippen LogP contribution in [0.3, 0.4) is 0 Å². The zero-order valence-corrected chi connectivity index (χ0v) is 16.9. The number of nitrogens with zero attached hydrogens (tertiary/aromatic N) is 4. The number of nitrogen functional groups attached to an aromatic ring is 1. The molecule has 4 aromatic rings. The summed E-state index contributed by atoms with van der Waals surface area (Å²) in [7, 11) is 0. The van der Waals surface area contributed by atoms with Gasteiger partial charge in [-0.1, -0.05) is 6.07 Å². The minimum absolute atomic E-state index is 0.0502. The molecule has 3 N–H and O–H groups in total. The number of hydrogen-bond acceptors (Lipinski definition) is 6. The lowest BCUT2D eigenvalue weighted by Crippen LogP contribution is -2.15. The number of rotatable bonds is 4. The first kappa shape index (κ1) is 22.7. The van der Waals surface area contributed by atoms with Gasteiger partial charge in [-0.3, -0.25) is 14.8 Å². The van der Waals surface area contributed by atoms with Gasteiger partial charge in [-0.25, -0.2) is 18.7 Å². The fraction of sp³-hybridized carbons (Fsp3) is 0.0455. The quantitative estimate of drug-likeness (QED) is 0.416. The van der Waals surface area contributed by atoms with Crippen molar-refractivity contribution in [2.45, 2.75) is 6.18 Å². The first-order valence-electron chi connectivity index (χ1n) is 9.51. The van der Waals surface area contributed by atoms with Crippen molar-refractivity contribution in [2.24, 2.45) is 0 Å². The van der Waals surface area contributed by atoms with E-state index in [1.807, 2.05) is 0 Å². The third kappa shape index (κ3) is 4.80. The molecule has 0 atom stereocenters. The Kier molecular flexibility index (Phi) is 5.88. The fourth-order valence-corrected chi connectivity index (χ4v) is 3.05. The summed E-state index contributed by atoms with van der Waals surface area (Å²) >= 11 is 0. The van der Waals surface area contributed by atoms with Gasteiger partial charge in [0.1, 0.15) is 23.1 Å². The highest BCUT2D eigenvalue weighted by molar-refractivity contribution is 6.05. The second-order valence-corrected chi connectivity index (χ2v) is 6.93. The summed E-state index contributed by atoms with van der Waals surface area (Å²) < 4.78 is 66.3. The zero-order valence-electron chi connectivity index (χ0n) is 16.9. The summed E-state index contributed by atoms with van der Waals surface area (Å²) in [5.74, 6) is -4.07. The molecule has 34 heavy (non-hydrogen) atoms. The number of nitrogens with two attached hydrogens (primary N) is 1. The number of aromatic nitrogens is 4. The first-order valence-corrected chi connectivity index (χ1v) is 9.51. The highest BCUT2D eigenvalue weighted by atomic mass is 19.4. The Hall–Kier alpha value is -4.48. The molecule has 1 aromatic carbocycles. The van der Waals surface area contributed by atoms with Crippen LogP contribution in [-0.2, 0) is 6.18 Å². The van der Waals surface area contributed by atoms with Crippen LogP contribution in [0, 0.1) is 11.6 Å². The van der Waals surface area contributed by atoms with E-state index in [0.29, 0.717) is 5.56 Å². The van der Waals surface area contributed by atoms with E-state index in [1.54, 1.807) is 0 Å². The molecule has 0 saturated heterocycles. The Morgan fingerprint density at radius 2 is 1.74 bits per heavy atom. The number of halogens is 5. The molecule has 0 bridgehead atoms. The van der Waals surface area contributed by atoms with E-state index in [1.165, 1.54) is 42.9 Å². The molecular weight excluding hydrogens is 459 g/mol.